The van der Waals surface area contributed by atoms with Gasteiger partial charge in [0.05, 0.1) is 11.9 Å². The van der Waals surface area contributed by atoms with Gasteiger partial charge in [-0.05, 0) is 19.8 Å². The molecule has 0 atom stereocenters. The monoisotopic (exact) mass is 166 g/mol. The fourth-order valence-corrected chi connectivity index (χ4v) is 1.13. The zero-order chi connectivity index (χ0) is 8.55. The molecular weight excluding hydrogens is 152 g/mol. The van der Waals surface area contributed by atoms with Crippen LogP contribution in [0.5, 0.6) is 0 Å². The van der Waals surface area contributed by atoms with Crippen LogP contribution < -0.4 is 11.1 Å². The van der Waals surface area contributed by atoms with E-state index in [2.05, 4.69) is 10.4 Å². The minimum atomic E-state index is 0.618. The molecule has 12 heavy (non-hydrogen) atoms. The molecule has 66 valence electrons. The molecule has 1 aliphatic carbocycles. The summed E-state index contributed by atoms with van der Waals surface area (Å²) >= 11 is 0. The number of rotatable bonds is 3. The Morgan fingerprint density at radius 3 is 3.00 bits per heavy atom. The van der Waals surface area contributed by atoms with Crippen LogP contribution >= 0.6 is 0 Å². The minimum absolute atomic E-state index is 0.618. The first-order valence-corrected chi connectivity index (χ1v) is 4.39. The second-order valence-corrected chi connectivity index (χ2v) is 3.21. The van der Waals surface area contributed by atoms with E-state index in [1.54, 1.807) is 0 Å². The van der Waals surface area contributed by atoms with E-state index in [1.165, 1.54) is 12.8 Å². The van der Waals surface area contributed by atoms with Crippen molar-refractivity contribution in [1.29, 1.82) is 0 Å². The molecule has 1 fully saturated rings. The Morgan fingerprint density at radius 1 is 1.75 bits per heavy atom. The molecule has 1 saturated carbocycles. The lowest BCUT2D eigenvalue weighted by molar-refractivity contribution is 0.661. The molecule has 3 N–H and O–H groups in total. The first-order chi connectivity index (χ1) is 5.79. The van der Waals surface area contributed by atoms with Crippen molar-refractivity contribution in [3.8, 4) is 0 Å². The molecule has 0 bridgehead atoms. The maximum absolute atomic E-state index is 5.75. The zero-order valence-electron chi connectivity index (χ0n) is 7.25. The van der Waals surface area contributed by atoms with Crippen molar-refractivity contribution in [2.24, 2.45) is 0 Å². The summed E-state index contributed by atoms with van der Waals surface area (Å²) in [5, 5.41) is 7.57. The number of hydrogen-bond acceptors (Lipinski definition) is 3. The number of nitrogens with two attached hydrogens (primary N) is 1. The molecule has 2 rings (SSSR count). The van der Waals surface area contributed by atoms with Gasteiger partial charge in [0.15, 0.2) is 5.82 Å². The quantitative estimate of drug-likeness (QED) is 0.706. The molecule has 0 unspecified atom stereocenters. The summed E-state index contributed by atoms with van der Waals surface area (Å²) in [4.78, 5) is 0. The summed E-state index contributed by atoms with van der Waals surface area (Å²) in [6, 6.07) is 0.618. The second kappa shape index (κ2) is 2.69. The van der Waals surface area contributed by atoms with Crippen molar-refractivity contribution in [3.63, 3.8) is 0 Å². The predicted octanol–water partition coefficient (Wildman–Crippen LogP) is 1.06. The molecule has 0 saturated heterocycles. The lowest BCUT2D eigenvalue weighted by Crippen LogP contribution is -2.04. The van der Waals surface area contributed by atoms with Gasteiger partial charge in [-0.3, -0.25) is 4.68 Å². The van der Waals surface area contributed by atoms with Crippen LogP contribution in [-0.2, 0) is 6.54 Å². The number of hydrogen-bond donors (Lipinski definition) is 2. The Morgan fingerprint density at radius 2 is 2.50 bits per heavy atom. The Balaban J connectivity index is 2.12. The van der Waals surface area contributed by atoms with Gasteiger partial charge < -0.3 is 11.1 Å². The van der Waals surface area contributed by atoms with Crippen LogP contribution in [-0.4, -0.2) is 15.8 Å². The van der Waals surface area contributed by atoms with Crippen LogP contribution in [0.3, 0.4) is 0 Å². The molecule has 0 amide bonds. The van der Waals surface area contributed by atoms with Gasteiger partial charge in [-0.1, -0.05) is 0 Å². The zero-order valence-corrected chi connectivity index (χ0v) is 7.25. The van der Waals surface area contributed by atoms with E-state index in [-0.39, 0.29) is 0 Å². The average molecular weight is 166 g/mol. The number of aryl methyl sites for hydroxylation is 1. The normalized spacial score (nSPS) is 16.4. The molecule has 1 aromatic heterocycles. The van der Waals surface area contributed by atoms with E-state index in [0.29, 0.717) is 6.04 Å². The number of aromatic nitrogens is 2. The summed E-state index contributed by atoms with van der Waals surface area (Å²) in [5.74, 6) is 0.847. The molecule has 0 spiro atoms. The largest absolute Gasteiger partial charge is 0.394 e. The van der Waals surface area contributed by atoms with E-state index in [1.807, 2.05) is 17.8 Å². The number of anilines is 2. The van der Waals surface area contributed by atoms with Crippen LogP contribution in [0.25, 0.3) is 0 Å². The van der Waals surface area contributed by atoms with Gasteiger partial charge in [-0.25, -0.2) is 0 Å². The van der Waals surface area contributed by atoms with E-state index >= 15 is 0 Å². The van der Waals surface area contributed by atoms with Crippen LogP contribution in [0.4, 0.5) is 11.5 Å². The van der Waals surface area contributed by atoms with Crippen molar-refractivity contribution in [2.75, 3.05) is 11.1 Å². The van der Waals surface area contributed by atoms with Gasteiger partial charge in [-0.2, -0.15) is 5.10 Å². The molecule has 0 aliphatic heterocycles. The predicted molar refractivity (Wildman–Crippen MR) is 49.0 cm³/mol. The van der Waals surface area contributed by atoms with Gasteiger partial charge in [0, 0.05) is 12.6 Å². The summed E-state index contributed by atoms with van der Waals surface area (Å²) in [6.07, 6.45) is 4.36. The van der Waals surface area contributed by atoms with Crippen molar-refractivity contribution >= 4 is 11.5 Å². The van der Waals surface area contributed by atoms with Gasteiger partial charge in [0.1, 0.15) is 0 Å². The van der Waals surface area contributed by atoms with Crippen molar-refractivity contribution in [2.45, 2.75) is 32.4 Å². The van der Waals surface area contributed by atoms with Gasteiger partial charge >= 0.3 is 0 Å². The first kappa shape index (κ1) is 7.46. The summed E-state index contributed by atoms with van der Waals surface area (Å²) in [5.41, 5.74) is 6.50. The SMILES string of the molecule is CCn1cc(N)c(NC2CC2)n1. The van der Waals surface area contributed by atoms with Crippen LogP contribution in [0.2, 0.25) is 0 Å². The summed E-state index contributed by atoms with van der Waals surface area (Å²) < 4.78 is 1.85. The Kier molecular flexibility index (Phi) is 1.67. The maximum Gasteiger partial charge on any atom is 0.171 e. The minimum Gasteiger partial charge on any atom is -0.394 e. The van der Waals surface area contributed by atoms with Crippen molar-refractivity contribution < 1.29 is 0 Å². The molecule has 4 heteroatoms. The molecule has 1 heterocycles. The van der Waals surface area contributed by atoms with Gasteiger partial charge in [-0.15, -0.1) is 0 Å². The third-order valence-corrected chi connectivity index (χ3v) is 2.03. The third-order valence-electron chi connectivity index (χ3n) is 2.03. The highest BCUT2D eigenvalue weighted by atomic mass is 15.3. The highest BCUT2D eigenvalue weighted by molar-refractivity contribution is 5.60. The highest BCUT2D eigenvalue weighted by Crippen LogP contribution is 2.26. The molecule has 0 radical (unpaired) electrons. The molecule has 0 aromatic carbocycles. The van der Waals surface area contributed by atoms with Gasteiger partial charge in [0.2, 0.25) is 0 Å². The molecular formula is C8H14N4. The highest BCUT2D eigenvalue weighted by Gasteiger charge is 2.22. The van der Waals surface area contributed by atoms with E-state index in [4.69, 9.17) is 5.73 Å². The maximum atomic E-state index is 5.75. The molecule has 1 aromatic rings. The second-order valence-electron chi connectivity index (χ2n) is 3.21. The fraction of sp³-hybridized carbons (Fsp3) is 0.625. The Labute approximate surface area is 71.7 Å². The number of nitrogens with zero attached hydrogens (tertiary/aromatic N) is 2. The van der Waals surface area contributed by atoms with Gasteiger partial charge in [0.25, 0.3) is 0 Å². The van der Waals surface area contributed by atoms with E-state index < -0.39 is 0 Å². The number of nitrogens with one attached hydrogen (secondary N) is 1. The summed E-state index contributed by atoms with van der Waals surface area (Å²) in [7, 11) is 0. The topological polar surface area (TPSA) is 55.9 Å². The summed E-state index contributed by atoms with van der Waals surface area (Å²) in [6.45, 7) is 2.92. The fourth-order valence-electron chi connectivity index (χ4n) is 1.13. The Hall–Kier alpha value is -1.19. The van der Waals surface area contributed by atoms with Crippen molar-refractivity contribution in [1.82, 2.24) is 9.78 Å². The van der Waals surface area contributed by atoms with Crippen molar-refractivity contribution in [3.05, 3.63) is 6.20 Å². The smallest absolute Gasteiger partial charge is 0.171 e. The third kappa shape index (κ3) is 1.37. The molecule has 4 nitrogen and oxygen atoms in total. The van der Waals surface area contributed by atoms with Crippen LogP contribution in [0, 0.1) is 0 Å². The lowest BCUT2D eigenvalue weighted by atomic mass is 10.5. The van der Waals surface area contributed by atoms with Crippen LogP contribution in [0.1, 0.15) is 19.8 Å². The van der Waals surface area contributed by atoms with Crippen LogP contribution in [0.15, 0.2) is 6.20 Å². The standard InChI is InChI=1S/C8H14N4/c1-2-12-5-7(9)8(11-12)10-6-3-4-6/h5-6H,2-4,9H2,1H3,(H,10,11). The Bertz CT molecular complexity index is 275. The number of nitrogen functional groups attached to an aromatic ring is 1. The van der Waals surface area contributed by atoms with E-state index in [9.17, 15) is 0 Å². The average Bonchev–Trinajstić information content (AvgIpc) is 2.78. The lowest BCUT2D eigenvalue weighted by Gasteiger charge is -1.99. The molecule has 1 aliphatic rings. The van der Waals surface area contributed by atoms with E-state index in [0.717, 1.165) is 18.1 Å². The first-order valence-electron chi connectivity index (χ1n) is 4.39.